The first-order valence-electron chi connectivity index (χ1n) is 6.70. The Balaban J connectivity index is 1.83. The van der Waals surface area contributed by atoms with Crippen molar-refractivity contribution < 1.29 is 14.3 Å². The molecule has 3 rings (SSSR count). The monoisotopic (exact) mass is 285 g/mol. The van der Waals surface area contributed by atoms with Crippen LogP contribution in [-0.2, 0) is 4.79 Å². The summed E-state index contributed by atoms with van der Waals surface area (Å²) in [6, 6.07) is 6.77. The fourth-order valence-electron chi connectivity index (χ4n) is 2.33. The van der Waals surface area contributed by atoms with Gasteiger partial charge in [0.15, 0.2) is 0 Å². The summed E-state index contributed by atoms with van der Waals surface area (Å²) in [5, 5.41) is 6.25. The molecule has 2 N–H and O–H groups in total. The Morgan fingerprint density at radius 1 is 1.43 bits per heavy atom. The maximum Gasteiger partial charge on any atom is 0.253 e. The molecule has 2 aromatic rings. The highest BCUT2D eigenvalue weighted by Gasteiger charge is 2.26. The number of ether oxygens (including phenoxy) is 1. The predicted octanol–water partition coefficient (Wildman–Crippen LogP) is 0.862. The van der Waals surface area contributed by atoms with Gasteiger partial charge in [-0.1, -0.05) is 0 Å². The third kappa shape index (κ3) is 2.65. The lowest BCUT2D eigenvalue weighted by Crippen LogP contribution is -2.40. The van der Waals surface area contributed by atoms with E-state index in [1.54, 1.807) is 19.2 Å². The van der Waals surface area contributed by atoms with Gasteiger partial charge >= 0.3 is 0 Å². The molecule has 0 spiro atoms. The summed E-state index contributed by atoms with van der Waals surface area (Å²) in [7, 11) is 1.59. The molecule has 6 nitrogen and oxygen atoms in total. The number of carbonyl (C=O) groups is 2. The lowest BCUT2D eigenvalue weighted by Gasteiger charge is -2.10. The number of fused-ring (bicyclic) bond motifs is 1. The molecule has 1 saturated heterocycles. The number of hydrogen-bond acceptors (Lipinski definition) is 4. The van der Waals surface area contributed by atoms with Crippen LogP contribution in [0.15, 0.2) is 30.5 Å². The summed E-state index contributed by atoms with van der Waals surface area (Å²) in [5.41, 5.74) is 1.19. The second-order valence-electron chi connectivity index (χ2n) is 4.89. The number of amides is 2. The smallest absolute Gasteiger partial charge is 0.253 e. The summed E-state index contributed by atoms with van der Waals surface area (Å²) >= 11 is 0. The first-order chi connectivity index (χ1) is 10.2. The van der Waals surface area contributed by atoms with Gasteiger partial charge in [-0.3, -0.25) is 14.6 Å². The topological polar surface area (TPSA) is 80.3 Å². The van der Waals surface area contributed by atoms with Crippen molar-refractivity contribution in [1.29, 1.82) is 0 Å². The molecule has 0 saturated carbocycles. The van der Waals surface area contributed by atoms with Crippen LogP contribution in [0.4, 0.5) is 0 Å². The van der Waals surface area contributed by atoms with Crippen LogP contribution >= 0.6 is 0 Å². The molecule has 1 aliphatic rings. The summed E-state index contributed by atoms with van der Waals surface area (Å²) in [6.45, 7) is 0.597. The molecule has 1 aromatic heterocycles. The molecule has 2 heterocycles. The molecule has 21 heavy (non-hydrogen) atoms. The van der Waals surface area contributed by atoms with Crippen LogP contribution in [0.25, 0.3) is 10.9 Å². The fourth-order valence-corrected chi connectivity index (χ4v) is 2.33. The molecule has 108 valence electrons. The van der Waals surface area contributed by atoms with Gasteiger partial charge < -0.3 is 15.4 Å². The minimum atomic E-state index is -0.455. The number of carbonyl (C=O) groups excluding carboxylic acids is 2. The normalized spacial score (nSPS) is 17.6. The molecule has 1 atom stereocenters. The second-order valence-corrected chi connectivity index (χ2v) is 4.89. The van der Waals surface area contributed by atoms with Crippen molar-refractivity contribution in [3.8, 4) is 5.75 Å². The van der Waals surface area contributed by atoms with E-state index in [9.17, 15) is 9.59 Å². The van der Waals surface area contributed by atoms with Crippen molar-refractivity contribution in [1.82, 2.24) is 15.6 Å². The lowest BCUT2D eigenvalue weighted by molar-refractivity contribution is -0.120. The van der Waals surface area contributed by atoms with Crippen LogP contribution in [-0.4, -0.2) is 36.5 Å². The Morgan fingerprint density at radius 3 is 3.00 bits per heavy atom. The van der Waals surface area contributed by atoms with Crippen molar-refractivity contribution in [2.24, 2.45) is 0 Å². The summed E-state index contributed by atoms with van der Waals surface area (Å²) in [6.07, 6.45) is 2.12. The largest absolute Gasteiger partial charge is 0.497 e. The SMILES string of the molecule is COc1ccc2cc(C(=O)N[C@H]3CCNC3=O)cnc2c1. The zero-order valence-electron chi connectivity index (χ0n) is 11.6. The molecule has 1 aliphatic heterocycles. The van der Waals surface area contributed by atoms with E-state index >= 15 is 0 Å². The average molecular weight is 285 g/mol. The number of pyridine rings is 1. The highest BCUT2D eigenvalue weighted by Crippen LogP contribution is 2.19. The Hall–Kier alpha value is -2.63. The zero-order valence-corrected chi connectivity index (χ0v) is 11.6. The van der Waals surface area contributed by atoms with Crippen LogP contribution in [0.5, 0.6) is 5.75 Å². The standard InChI is InChI=1S/C15H15N3O3/c1-21-11-3-2-9-6-10(8-17-13(9)7-11)14(19)18-12-4-5-16-15(12)20/h2-3,6-8,12H,4-5H2,1H3,(H,16,20)(H,18,19)/t12-/m0/s1. The number of methoxy groups -OCH3 is 1. The summed E-state index contributed by atoms with van der Waals surface area (Å²) in [5.74, 6) is 0.291. The molecule has 0 bridgehead atoms. The van der Waals surface area contributed by atoms with Crippen LogP contribution in [0.2, 0.25) is 0 Å². The van der Waals surface area contributed by atoms with Crippen LogP contribution < -0.4 is 15.4 Å². The zero-order chi connectivity index (χ0) is 14.8. The highest BCUT2D eigenvalue weighted by molar-refractivity contribution is 6.00. The van der Waals surface area contributed by atoms with Gasteiger partial charge in [0, 0.05) is 24.2 Å². The van der Waals surface area contributed by atoms with Gasteiger partial charge in [0.1, 0.15) is 11.8 Å². The Morgan fingerprint density at radius 2 is 2.29 bits per heavy atom. The van der Waals surface area contributed by atoms with Crippen LogP contribution in [0.1, 0.15) is 16.8 Å². The van der Waals surface area contributed by atoms with E-state index in [1.807, 2.05) is 12.1 Å². The first-order valence-corrected chi connectivity index (χ1v) is 6.70. The third-order valence-electron chi connectivity index (χ3n) is 3.51. The van der Waals surface area contributed by atoms with E-state index in [1.165, 1.54) is 6.20 Å². The van der Waals surface area contributed by atoms with Crippen molar-refractivity contribution in [2.75, 3.05) is 13.7 Å². The number of hydrogen-bond donors (Lipinski definition) is 2. The molecule has 1 aromatic carbocycles. The average Bonchev–Trinajstić information content (AvgIpc) is 2.91. The van der Waals surface area contributed by atoms with Gasteiger partial charge in [0.2, 0.25) is 5.91 Å². The van der Waals surface area contributed by atoms with E-state index in [0.717, 1.165) is 16.7 Å². The lowest BCUT2D eigenvalue weighted by atomic mass is 10.1. The predicted molar refractivity (Wildman–Crippen MR) is 77.2 cm³/mol. The third-order valence-corrected chi connectivity index (χ3v) is 3.51. The highest BCUT2D eigenvalue weighted by atomic mass is 16.5. The molecule has 2 amide bonds. The summed E-state index contributed by atoms with van der Waals surface area (Å²) in [4.78, 5) is 27.9. The fraction of sp³-hybridized carbons (Fsp3) is 0.267. The Labute approximate surface area is 121 Å². The van der Waals surface area contributed by atoms with Gasteiger partial charge in [-0.25, -0.2) is 0 Å². The van der Waals surface area contributed by atoms with Crippen LogP contribution in [0, 0.1) is 0 Å². The summed E-state index contributed by atoms with van der Waals surface area (Å²) < 4.78 is 5.14. The molecule has 0 aliphatic carbocycles. The Kier molecular flexibility index (Phi) is 3.43. The number of benzene rings is 1. The quantitative estimate of drug-likeness (QED) is 0.876. The number of aromatic nitrogens is 1. The number of nitrogens with one attached hydrogen (secondary N) is 2. The first kappa shape index (κ1) is 13.4. The molecule has 6 heteroatoms. The minimum Gasteiger partial charge on any atom is -0.497 e. The molecular weight excluding hydrogens is 270 g/mol. The number of nitrogens with zero attached hydrogens (tertiary/aromatic N) is 1. The van der Waals surface area contributed by atoms with Gasteiger partial charge in [-0.05, 0) is 24.6 Å². The van der Waals surface area contributed by atoms with Crippen molar-refractivity contribution in [3.63, 3.8) is 0 Å². The number of rotatable bonds is 3. The van der Waals surface area contributed by atoms with Gasteiger partial charge in [-0.15, -0.1) is 0 Å². The molecule has 1 fully saturated rings. The van der Waals surface area contributed by atoms with Gasteiger partial charge in [-0.2, -0.15) is 0 Å². The maximum absolute atomic E-state index is 12.2. The van der Waals surface area contributed by atoms with Gasteiger partial charge in [0.05, 0.1) is 18.2 Å². The second kappa shape index (κ2) is 5.40. The van der Waals surface area contributed by atoms with Crippen molar-refractivity contribution >= 4 is 22.7 Å². The van der Waals surface area contributed by atoms with Gasteiger partial charge in [0.25, 0.3) is 5.91 Å². The van der Waals surface area contributed by atoms with Crippen molar-refractivity contribution in [3.05, 3.63) is 36.0 Å². The van der Waals surface area contributed by atoms with E-state index in [-0.39, 0.29) is 11.8 Å². The van der Waals surface area contributed by atoms with E-state index in [4.69, 9.17) is 4.74 Å². The molecular formula is C15H15N3O3. The minimum absolute atomic E-state index is 0.137. The Bertz CT molecular complexity index is 714. The molecule has 0 radical (unpaired) electrons. The van der Waals surface area contributed by atoms with E-state index in [2.05, 4.69) is 15.6 Å². The van der Waals surface area contributed by atoms with Crippen molar-refractivity contribution in [2.45, 2.75) is 12.5 Å². The molecule has 0 unspecified atom stereocenters. The van der Waals surface area contributed by atoms with E-state index in [0.29, 0.717) is 18.5 Å². The van der Waals surface area contributed by atoms with Crippen LogP contribution in [0.3, 0.4) is 0 Å². The van der Waals surface area contributed by atoms with E-state index < -0.39 is 6.04 Å². The maximum atomic E-state index is 12.2.